The van der Waals surface area contributed by atoms with Crippen LogP contribution in [-0.2, 0) is 6.54 Å². The molecule has 0 atom stereocenters. The monoisotopic (exact) mass is 269 g/mol. The van der Waals surface area contributed by atoms with Gasteiger partial charge in [-0.25, -0.2) is 14.4 Å². The zero-order valence-electron chi connectivity index (χ0n) is 9.41. The summed E-state index contributed by atoms with van der Waals surface area (Å²) in [5.74, 6) is -3.20. The molecular weight excluding hydrogens is 260 g/mol. The maximum absolute atomic E-state index is 13.3. The first-order valence-corrected chi connectivity index (χ1v) is 5.89. The number of thiazole rings is 1. The lowest BCUT2D eigenvalue weighted by atomic mass is 10.2. The van der Waals surface area contributed by atoms with Gasteiger partial charge in [-0.1, -0.05) is 0 Å². The van der Waals surface area contributed by atoms with E-state index in [0.717, 1.165) is 22.1 Å². The van der Waals surface area contributed by atoms with E-state index >= 15 is 0 Å². The molecule has 2 aromatic heterocycles. The van der Waals surface area contributed by atoms with Crippen LogP contribution < -0.4 is 5.32 Å². The summed E-state index contributed by atoms with van der Waals surface area (Å²) in [5.41, 5.74) is -0.358. The van der Waals surface area contributed by atoms with Gasteiger partial charge in [0.25, 0.3) is 5.91 Å². The first-order valence-electron chi connectivity index (χ1n) is 5.07. The third kappa shape index (κ3) is 2.67. The summed E-state index contributed by atoms with van der Waals surface area (Å²) in [4.78, 5) is 19.6. The number of amides is 1. The summed E-state index contributed by atoms with van der Waals surface area (Å²) in [5, 5.41) is 3.37. The maximum Gasteiger partial charge on any atom is 0.254 e. The molecule has 0 saturated heterocycles. The third-order valence-electron chi connectivity index (χ3n) is 2.18. The molecule has 94 valence electrons. The van der Waals surface area contributed by atoms with Gasteiger partial charge in [-0.3, -0.25) is 4.79 Å². The van der Waals surface area contributed by atoms with Gasteiger partial charge in [-0.2, -0.15) is 4.39 Å². The van der Waals surface area contributed by atoms with E-state index in [9.17, 15) is 13.6 Å². The van der Waals surface area contributed by atoms with Crippen LogP contribution in [0.1, 0.15) is 20.2 Å². The smallest absolute Gasteiger partial charge is 0.254 e. The Kier molecular flexibility index (Phi) is 3.61. The Morgan fingerprint density at radius 2 is 2.22 bits per heavy atom. The SMILES string of the molecule is Cc1ncc(CNC(=O)c2ccnc(F)c2F)s1. The molecule has 2 aromatic rings. The Bertz CT molecular complexity index is 585. The van der Waals surface area contributed by atoms with Crippen molar-refractivity contribution in [2.24, 2.45) is 0 Å². The standard InChI is InChI=1S/C11H9F2N3OS/c1-6-15-4-7(18-6)5-16-11(17)8-2-3-14-10(13)9(8)12/h2-4H,5H2,1H3,(H,16,17). The second-order valence-corrected chi connectivity index (χ2v) is 4.81. The number of pyridine rings is 1. The van der Waals surface area contributed by atoms with Crippen molar-refractivity contribution in [1.82, 2.24) is 15.3 Å². The molecule has 2 heterocycles. The highest BCUT2D eigenvalue weighted by Crippen LogP contribution is 2.12. The van der Waals surface area contributed by atoms with Crippen LogP contribution in [0.2, 0.25) is 0 Å². The summed E-state index contributed by atoms with van der Waals surface area (Å²) in [7, 11) is 0. The fourth-order valence-corrected chi connectivity index (χ4v) is 2.08. The van der Waals surface area contributed by atoms with Crippen molar-refractivity contribution >= 4 is 17.2 Å². The highest BCUT2D eigenvalue weighted by Gasteiger charge is 2.15. The molecule has 0 aliphatic rings. The van der Waals surface area contributed by atoms with E-state index in [1.54, 1.807) is 6.20 Å². The molecule has 0 bridgehead atoms. The lowest BCUT2D eigenvalue weighted by Gasteiger charge is -2.04. The Balaban J connectivity index is 2.06. The number of nitrogens with zero attached hydrogens (tertiary/aromatic N) is 2. The Labute approximate surface area is 106 Å². The van der Waals surface area contributed by atoms with Gasteiger partial charge in [-0.15, -0.1) is 11.3 Å². The molecule has 0 spiro atoms. The van der Waals surface area contributed by atoms with E-state index in [1.807, 2.05) is 6.92 Å². The fraction of sp³-hybridized carbons (Fsp3) is 0.182. The number of carbonyl (C=O) groups excluding carboxylic acids is 1. The minimum atomic E-state index is -1.28. The fourth-order valence-electron chi connectivity index (χ4n) is 1.34. The van der Waals surface area contributed by atoms with Crippen LogP contribution in [0.4, 0.5) is 8.78 Å². The van der Waals surface area contributed by atoms with Crippen LogP contribution in [0.25, 0.3) is 0 Å². The van der Waals surface area contributed by atoms with Crippen molar-refractivity contribution < 1.29 is 13.6 Å². The van der Waals surface area contributed by atoms with Crippen molar-refractivity contribution in [2.75, 3.05) is 0 Å². The number of aryl methyl sites for hydroxylation is 1. The van der Waals surface area contributed by atoms with Gasteiger partial charge < -0.3 is 5.32 Å². The number of carbonyl (C=O) groups is 1. The zero-order chi connectivity index (χ0) is 13.1. The van der Waals surface area contributed by atoms with Gasteiger partial charge in [-0.05, 0) is 13.0 Å². The number of nitrogens with one attached hydrogen (secondary N) is 1. The van der Waals surface area contributed by atoms with Gasteiger partial charge in [0, 0.05) is 17.3 Å². The van der Waals surface area contributed by atoms with Crippen molar-refractivity contribution in [3.8, 4) is 0 Å². The van der Waals surface area contributed by atoms with E-state index < -0.39 is 17.7 Å². The van der Waals surface area contributed by atoms with Gasteiger partial charge in [0.2, 0.25) is 5.95 Å². The molecule has 7 heteroatoms. The summed E-state index contributed by atoms with van der Waals surface area (Å²) in [6.07, 6.45) is 2.67. The molecule has 1 amide bonds. The van der Waals surface area contributed by atoms with Gasteiger partial charge in [0.1, 0.15) is 0 Å². The number of hydrogen-bond donors (Lipinski definition) is 1. The van der Waals surface area contributed by atoms with E-state index in [2.05, 4.69) is 15.3 Å². The molecule has 2 rings (SSSR count). The quantitative estimate of drug-likeness (QED) is 0.868. The first-order chi connectivity index (χ1) is 8.58. The normalized spacial score (nSPS) is 10.4. The number of hydrogen-bond acceptors (Lipinski definition) is 4. The second kappa shape index (κ2) is 5.18. The van der Waals surface area contributed by atoms with E-state index in [1.165, 1.54) is 11.3 Å². The second-order valence-electron chi connectivity index (χ2n) is 3.49. The molecule has 4 nitrogen and oxygen atoms in total. The highest BCUT2D eigenvalue weighted by atomic mass is 32.1. The number of aromatic nitrogens is 2. The van der Waals surface area contributed by atoms with Crippen LogP contribution in [-0.4, -0.2) is 15.9 Å². The molecule has 0 aliphatic carbocycles. The van der Waals surface area contributed by atoms with E-state index in [4.69, 9.17) is 0 Å². The minimum absolute atomic E-state index is 0.230. The molecule has 18 heavy (non-hydrogen) atoms. The molecule has 0 aromatic carbocycles. The number of halogens is 2. The van der Waals surface area contributed by atoms with Gasteiger partial charge >= 0.3 is 0 Å². The van der Waals surface area contributed by atoms with Crippen LogP contribution in [0, 0.1) is 18.7 Å². The third-order valence-corrected chi connectivity index (χ3v) is 3.10. The number of rotatable bonds is 3. The average Bonchev–Trinajstić information content (AvgIpc) is 2.76. The molecule has 0 saturated carbocycles. The van der Waals surface area contributed by atoms with Crippen molar-refractivity contribution in [2.45, 2.75) is 13.5 Å². The molecule has 1 N–H and O–H groups in total. The lowest BCUT2D eigenvalue weighted by Crippen LogP contribution is -2.24. The van der Waals surface area contributed by atoms with Crippen LogP contribution in [0.5, 0.6) is 0 Å². The first kappa shape index (κ1) is 12.6. The average molecular weight is 269 g/mol. The Morgan fingerprint density at radius 1 is 1.44 bits per heavy atom. The largest absolute Gasteiger partial charge is 0.347 e. The summed E-state index contributed by atoms with van der Waals surface area (Å²) >= 11 is 1.43. The summed E-state index contributed by atoms with van der Waals surface area (Å²) < 4.78 is 26.1. The predicted octanol–water partition coefficient (Wildman–Crippen LogP) is 2.05. The highest BCUT2D eigenvalue weighted by molar-refractivity contribution is 7.11. The van der Waals surface area contributed by atoms with Crippen LogP contribution in [0.3, 0.4) is 0 Å². The minimum Gasteiger partial charge on any atom is -0.347 e. The van der Waals surface area contributed by atoms with E-state index in [0.29, 0.717) is 0 Å². The summed E-state index contributed by atoms with van der Waals surface area (Å²) in [6.45, 7) is 2.07. The van der Waals surface area contributed by atoms with Crippen molar-refractivity contribution in [3.05, 3.63) is 45.7 Å². The van der Waals surface area contributed by atoms with Crippen molar-refractivity contribution in [3.63, 3.8) is 0 Å². The molecule has 0 fully saturated rings. The van der Waals surface area contributed by atoms with Crippen LogP contribution in [0.15, 0.2) is 18.5 Å². The molecule has 0 radical (unpaired) electrons. The van der Waals surface area contributed by atoms with Crippen LogP contribution >= 0.6 is 11.3 Å². The Morgan fingerprint density at radius 3 is 2.89 bits per heavy atom. The summed E-state index contributed by atoms with van der Waals surface area (Å²) in [6, 6.07) is 1.13. The molecular formula is C11H9F2N3OS. The molecule has 0 aliphatic heterocycles. The maximum atomic E-state index is 13.3. The van der Waals surface area contributed by atoms with Crippen molar-refractivity contribution in [1.29, 1.82) is 0 Å². The zero-order valence-corrected chi connectivity index (χ0v) is 10.2. The topological polar surface area (TPSA) is 54.9 Å². The lowest BCUT2D eigenvalue weighted by molar-refractivity contribution is 0.0946. The Hall–Kier alpha value is -1.89. The van der Waals surface area contributed by atoms with Gasteiger partial charge in [0.15, 0.2) is 5.82 Å². The van der Waals surface area contributed by atoms with E-state index in [-0.39, 0.29) is 12.1 Å². The predicted molar refractivity (Wildman–Crippen MR) is 62.2 cm³/mol. The van der Waals surface area contributed by atoms with Gasteiger partial charge in [0.05, 0.1) is 17.1 Å². The molecule has 0 unspecified atom stereocenters.